The fourth-order valence-corrected chi connectivity index (χ4v) is 3.55. The molecule has 0 bridgehead atoms. The highest BCUT2D eigenvalue weighted by molar-refractivity contribution is 14.0. The zero-order chi connectivity index (χ0) is 21.1. The van der Waals surface area contributed by atoms with Gasteiger partial charge < -0.3 is 20.1 Å². The van der Waals surface area contributed by atoms with Crippen molar-refractivity contribution < 1.29 is 9.47 Å². The number of ether oxygens (including phenoxy) is 2. The molecule has 1 aromatic carbocycles. The van der Waals surface area contributed by atoms with Crippen LogP contribution in [0.5, 0.6) is 0 Å². The number of nitrogens with zero attached hydrogens (tertiary/aromatic N) is 2. The maximum absolute atomic E-state index is 5.68. The Hall–Kier alpha value is -0.900. The van der Waals surface area contributed by atoms with E-state index in [4.69, 9.17) is 14.5 Å². The van der Waals surface area contributed by atoms with Crippen LogP contribution in [0.15, 0.2) is 29.3 Å². The van der Waals surface area contributed by atoms with Gasteiger partial charge in [-0.1, -0.05) is 31.2 Å². The first kappa shape index (κ1) is 27.1. The highest BCUT2D eigenvalue weighted by atomic mass is 127. The van der Waals surface area contributed by atoms with E-state index in [9.17, 15) is 0 Å². The van der Waals surface area contributed by atoms with Crippen molar-refractivity contribution in [3.63, 3.8) is 0 Å². The molecule has 7 heteroatoms. The second-order valence-corrected chi connectivity index (χ2v) is 8.04. The molecule has 0 radical (unpaired) electrons. The van der Waals surface area contributed by atoms with Crippen LogP contribution in [0, 0.1) is 5.92 Å². The SMILES string of the molecule is CCNC(=NCc1cccc(COCCOCC)c1)NC1CN(C(C)C)CC1C.I. The molecule has 30 heavy (non-hydrogen) atoms. The van der Waals surface area contributed by atoms with Crippen molar-refractivity contribution in [3.05, 3.63) is 35.4 Å². The molecule has 0 aliphatic carbocycles. The minimum atomic E-state index is 0. The van der Waals surface area contributed by atoms with Crippen molar-refractivity contribution in [2.45, 2.75) is 59.9 Å². The summed E-state index contributed by atoms with van der Waals surface area (Å²) in [5.41, 5.74) is 2.36. The molecule has 2 N–H and O–H groups in total. The highest BCUT2D eigenvalue weighted by Gasteiger charge is 2.31. The van der Waals surface area contributed by atoms with Crippen molar-refractivity contribution in [1.29, 1.82) is 0 Å². The van der Waals surface area contributed by atoms with Crippen LogP contribution >= 0.6 is 24.0 Å². The van der Waals surface area contributed by atoms with Gasteiger partial charge in [-0.3, -0.25) is 4.90 Å². The summed E-state index contributed by atoms with van der Waals surface area (Å²) in [6, 6.07) is 9.48. The Balaban J connectivity index is 0.00000450. The Morgan fingerprint density at radius 3 is 2.57 bits per heavy atom. The predicted molar refractivity (Wildman–Crippen MR) is 136 cm³/mol. The van der Waals surface area contributed by atoms with Gasteiger partial charge in [-0.15, -0.1) is 24.0 Å². The minimum Gasteiger partial charge on any atom is -0.379 e. The maximum atomic E-state index is 5.68. The van der Waals surface area contributed by atoms with Crippen LogP contribution in [0.2, 0.25) is 0 Å². The molecule has 172 valence electrons. The van der Waals surface area contributed by atoms with Gasteiger partial charge in [0.05, 0.1) is 26.4 Å². The summed E-state index contributed by atoms with van der Waals surface area (Å²) in [4.78, 5) is 7.36. The number of likely N-dealkylation sites (tertiary alicyclic amines) is 1. The molecule has 0 saturated carbocycles. The van der Waals surface area contributed by atoms with Gasteiger partial charge in [0.25, 0.3) is 0 Å². The molecule has 2 rings (SSSR count). The summed E-state index contributed by atoms with van der Waals surface area (Å²) in [5.74, 6) is 1.51. The number of nitrogens with one attached hydrogen (secondary N) is 2. The molecule has 1 aromatic rings. The molecule has 2 atom stereocenters. The van der Waals surface area contributed by atoms with E-state index in [1.807, 2.05) is 6.92 Å². The molecule has 0 spiro atoms. The van der Waals surface area contributed by atoms with Crippen LogP contribution in [0.1, 0.15) is 45.7 Å². The Labute approximate surface area is 200 Å². The smallest absolute Gasteiger partial charge is 0.191 e. The molecule has 1 aliphatic rings. The minimum absolute atomic E-state index is 0. The van der Waals surface area contributed by atoms with E-state index in [0.717, 1.165) is 32.2 Å². The molecule has 1 aliphatic heterocycles. The van der Waals surface area contributed by atoms with E-state index in [1.165, 1.54) is 11.1 Å². The van der Waals surface area contributed by atoms with Crippen LogP contribution in [-0.4, -0.2) is 62.4 Å². The lowest BCUT2D eigenvalue weighted by Gasteiger charge is -2.22. The summed E-state index contributed by atoms with van der Waals surface area (Å²) >= 11 is 0. The molecule has 1 saturated heterocycles. The first-order valence-corrected chi connectivity index (χ1v) is 11.1. The zero-order valence-corrected chi connectivity index (χ0v) is 21.6. The molecule has 0 amide bonds. The zero-order valence-electron chi connectivity index (χ0n) is 19.3. The molecule has 1 fully saturated rings. The van der Waals surface area contributed by atoms with E-state index < -0.39 is 0 Å². The van der Waals surface area contributed by atoms with Gasteiger partial charge in [0, 0.05) is 38.3 Å². The number of aliphatic imine (C=N–C) groups is 1. The summed E-state index contributed by atoms with van der Waals surface area (Å²) < 4.78 is 11.0. The molecule has 2 unspecified atom stereocenters. The number of halogens is 1. The van der Waals surface area contributed by atoms with E-state index >= 15 is 0 Å². The average molecular weight is 533 g/mol. The molecular weight excluding hydrogens is 491 g/mol. The normalized spacial score (nSPS) is 19.7. The van der Waals surface area contributed by atoms with Crippen LogP contribution in [0.4, 0.5) is 0 Å². The van der Waals surface area contributed by atoms with E-state index in [0.29, 0.717) is 44.4 Å². The predicted octanol–water partition coefficient (Wildman–Crippen LogP) is 3.64. The number of rotatable bonds is 11. The third-order valence-electron chi connectivity index (χ3n) is 5.29. The lowest BCUT2D eigenvalue weighted by atomic mass is 10.1. The fraction of sp³-hybridized carbons (Fsp3) is 0.696. The average Bonchev–Trinajstić information content (AvgIpc) is 3.07. The maximum Gasteiger partial charge on any atom is 0.191 e. The first-order valence-electron chi connectivity index (χ1n) is 11.1. The van der Waals surface area contributed by atoms with Gasteiger partial charge in [0.1, 0.15) is 0 Å². The van der Waals surface area contributed by atoms with Crippen molar-refractivity contribution in [3.8, 4) is 0 Å². The van der Waals surface area contributed by atoms with Crippen LogP contribution in [0.3, 0.4) is 0 Å². The molecule has 0 aromatic heterocycles. The number of benzene rings is 1. The quantitative estimate of drug-likeness (QED) is 0.197. The summed E-state index contributed by atoms with van der Waals surface area (Å²) in [6.07, 6.45) is 0. The van der Waals surface area contributed by atoms with Crippen LogP contribution in [-0.2, 0) is 22.6 Å². The van der Waals surface area contributed by atoms with E-state index in [-0.39, 0.29) is 24.0 Å². The van der Waals surface area contributed by atoms with E-state index in [2.05, 4.69) is 67.5 Å². The third-order valence-corrected chi connectivity index (χ3v) is 5.29. The van der Waals surface area contributed by atoms with Gasteiger partial charge in [-0.25, -0.2) is 4.99 Å². The van der Waals surface area contributed by atoms with Gasteiger partial charge in [0.2, 0.25) is 0 Å². The van der Waals surface area contributed by atoms with Gasteiger partial charge in [0.15, 0.2) is 5.96 Å². The van der Waals surface area contributed by atoms with Gasteiger partial charge >= 0.3 is 0 Å². The summed E-state index contributed by atoms with van der Waals surface area (Å²) in [6.45, 7) is 17.3. The van der Waals surface area contributed by atoms with Crippen LogP contribution in [0.25, 0.3) is 0 Å². The monoisotopic (exact) mass is 532 g/mol. The number of hydrogen-bond acceptors (Lipinski definition) is 4. The summed E-state index contributed by atoms with van der Waals surface area (Å²) in [5, 5.41) is 7.04. The number of hydrogen-bond donors (Lipinski definition) is 2. The second-order valence-electron chi connectivity index (χ2n) is 8.04. The Bertz CT molecular complexity index is 627. The molecule has 1 heterocycles. The first-order chi connectivity index (χ1) is 14.0. The third kappa shape index (κ3) is 9.49. The number of guanidine groups is 1. The second kappa shape index (κ2) is 15.0. The van der Waals surface area contributed by atoms with Crippen molar-refractivity contribution >= 4 is 29.9 Å². The van der Waals surface area contributed by atoms with Gasteiger partial charge in [-0.2, -0.15) is 0 Å². The van der Waals surface area contributed by atoms with Crippen LogP contribution < -0.4 is 10.6 Å². The topological polar surface area (TPSA) is 58.1 Å². The lowest BCUT2D eigenvalue weighted by Crippen LogP contribution is -2.46. The molecule has 6 nitrogen and oxygen atoms in total. The lowest BCUT2D eigenvalue weighted by molar-refractivity contribution is 0.0453. The van der Waals surface area contributed by atoms with Crippen molar-refractivity contribution in [2.24, 2.45) is 10.9 Å². The van der Waals surface area contributed by atoms with Crippen molar-refractivity contribution in [2.75, 3.05) is 39.5 Å². The van der Waals surface area contributed by atoms with Crippen molar-refractivity contribution in [1.82, 2.24) is 15.5 Å². The van der Waals surface area contributed by atoms with Gasteiger partial charge in [-0.05, 0) is 44.7 Å². The van der Waals surface area contributed by atoms with E-state index in [1.54, 1.807) is 0 Å². The summed E-state index contributed by atoms with van der Waals surface area (Å²) in [7, 11) is 0. The Kier molecular flexibility index (Phi) is 13.6. The Morgan fingerprint density at radius 2 is 1.90 bits per heavy atom. The fourth-order valence-electron chi connectivity index (χ4n) is 3.55. The molecular formula is C23H41IN4O2. The standard InChI is InChI=1S/C23H40N4O2.HI/c1-6-24-23(26-22-16-27(18(3)4)15-19(22)5)25-14-20-9-8-10-21(13-20)17-29-12-11-28-7-2;/h8-10,13,18-19,22H,6-7,11-12,14-17H2,1-5H3,(H2,24,25,26);1H. The Morgan fingerprint density at radius 1 is 1.17 bits per heavy atom. The highest BCUT2D eigenvalue weighted by Crippen LogP contribution is 2.18. The largest absolute Gasteiger partial charge is 0.379 e.